The molecule has 3 unspecified atom stereocenters. The second-order valence-corrected chi connectivity index (χ2v) is 9.68. The maximum Gasteiger partial charge on any atom is 0.262 e. The van der Waals surface area contributed by atoms with E-state index in [1.165, 1.54) is 16.4 Å². The van der Waals surface area contributed by atoms with Crippen LogP contribution in [0, 0.1) is 11.8 Å². The largest absolute Gasteiger partial charge is 0.457 e. The fraction of sp³-hybridized carbons (Fsp3) is 0.429. The van der Waals surface area contributed by atoms with Crippen molar-refractivity contribution in [3.63, 3.8) is 0 Å². The van der Waals surface area contributed by atoms with Crippen molar-refractivity contribution in [1.29, 1.82) is 0 Å². The third-order valence-corrected chi connectivity index (χ3v) is 7.99. The highest BCUT2D eigenvalue weighted by Crippen LogP contribution is 2.42. The molecule has 2 fully saturated rings. The van der Waals surface area contributed by atoms with E-state index < -0.39 is 22.0 Å². The summed E-state index contributed by atoms with van der Waals surface area (Å²) in [5, 5.41) is 9.27. The molecule has 4 rings (SSSR count). The van der Waals surface area contributed by atoms with Crippen molar-refractivity contribution in [2.75, 3.05) is 6.54 Å². The van der Waals surface area contributed by atoms with Crippen LogP contribution in [0.4, 0.5) is 0 Å². The van der Waals surface area contributed by atoms with E-state index in [4.69, 9.17) is 4.74 Å². The Labute approximate surface area is 175 Å². The molecule has 2 heterocycles. The highest BCUT2D eigenvalue weighted by Gasteiger charge is 2.47. The van der Waals surface area contributed by atoms with Gasteiger partial charge in [-0.2, -0.15) is 4.31 Å². The van der Waals surface area contributed by atoms with Crippen LogP contribution in [-0.2, 0) is 14.8 Å². The highest BCUT2D eigenvalue weighted by molar-refractivity contribution is 7.89. The van der Waals surface area contributed by atoms with Gasteiger partial charge in [0.2, 0.25) is 10.0 Å². The molecule has 0 spiro atoms. The van der Waals surface area contributed by atoms with Crippen LogP contribution in [0.1, 0.15) is 32.1 Å². The fourth-order valence-corrected chi connectivity index (χ4v) is 6.32. The molecule has 0 bridgehead atoms. The first-order valence-corrected chi connectivity index (χ1v) is 11.6. The highest BCUT2D eigenvalue weighted by atomic mass is 32.2. The maximum atomic E-state index is 13.4. The zero-order valence-corrected chi connectivity index (χ0v) is 17.3. The lowest BCUT2D eigenvalue weighted by molar-refractivity contribution is -0.138. The van der Waals surface area contributed by atoms with Gasteiger partial charge < -0.3 is 4.74 Å². The molecular formula is C21H25N3O5S. The number of fused-ring (bicyclic) bond motifs is 1. The predicted molar refractivity (Wildman–Crippen MR) is 108 cm³/mol. The van der Waals surface area contributed by atoms with Crippen molar-refractivity contribution in [2.45, 2.75) is 43.0 Å². The number of rotatable bonds is 5. The number of nitrogens with zero attached hydrogens (tertiary/aromatic N) is 2. The van der Waals surface area contributed by atoms with E-state index in [9.17, 15) is 18.4 Å². The normalized spacial score (nSPS) is 24.6. The summed E-state index contributed by atoms with van der Waals surface area (Å²) in [4.78, 5) is 16.5. The van der Waals surface area contributed by atoms with E-state index in [0.29, 0.717) is 17.4 Å². The lowest BCUT2D eigenvalue weighted by Gasteiger charge is -2.45. The summed E-state index contributed by atoms with van der Waals surface area (Å²) < 4.78 is 33.7. The average Bonchev–Trinajstić information content (AvgIpc) is 2.79. The third-order valence-electron chi connectivity index (χ3n) is 6.10. The van der Waals surface area contributed by atoms with Gasteiger partial charge in [-0.25, -0.2) is 13.9 Å². The lowest BCUT2D eigenvalue weighted by atomic mass is 9.71. The summed E-state index contributed by atoms with van der Waals surface area (Å²) in [6.07, 6.45) is 7.78. The van der Waals surface area contributed by atoms with E-state index in [2.05, 4.69) is 4.98 Å². The van der Waals surface area contributed by atoms with Crippen LogP contribution >= 0.6 is 0 Å². The molecule has 1 saturated carbocycles. The molecule has 3 atom stereocenters. The number of benzene rings is 1. The number of amides is 1. The Kier molecular flexibility index (Phi) is 6.03. The van der Waals surface area contributed by atoms with Crippen LogP contribution in [0.2, 0.25) is 0 Å². The van der Waals surface area contributed by atoms with E-state index in [0.717, 1.165) is 32.1 Å². The molecule has 1 aliphatic heterocycles. The van der Waals surface area contributed by atoms with E-state index in [1.807, 2.05) is 0 Å². The van der Waals surface area contributed by atoms with Gasteiger partial charge in [0.25, 0.3) is 5.91 Å². The molecule has 2 N–H and O–H groups in total. The molecule has 30 heavy (non-hydrogen) atoms. The summed E-state index contributed by atoms with van der Waals surface area (Å²) in [5.74, 6) is 0.663. The molecule has 160 valence electrons. The van der Waals surface area contributed by atoms with Gasteiger partial charge in [-0.1, -0.05) is 19.3 Å². The molecular weight excluding hydrogens is 406 g/mol. The zero-order valence-electron chi connectivity index (χ0n) is 16.5. The minimum atomic E-state index is -3.91. The Morgan fingerprint density at radius 3 is 2.40 bits per heavy atom. The standard InChI is InChI=1S/C21H25N3O5S/c25-21(23-26)20-19-4-2-1-3-15(19)11-14-24(20)30(27,28)18-7-5-16(6-8-18)29-17-9-12-22-13-10-17/h5-10,12-13,15,19-20,26H,1-4,11,14H2,(H,23,25). The van der Waals surface area contributed by atoms with Gasteiger partial charge >= 0.3 is 0 Å². The Balaban J connectivity index is 1.59. The SMILES string of the molecule is O=C(NO)C1C2CCCCC2CCN1S(=O)(=O)c1ccc(Oc2ccncc2)cc1. The number of piperidine rings is 1. The number of carbonyl (C=O) groups excluding carboxylic acids is 1. The van der Waals surface area contributed by atoms with Crippen molar-refractivity contribution in [3.8, 4) is 11.5 Å². The molecule has 1 saturated heterocycles. The molecule has 2 aliphatic rings. The lowest BCUT2D eigenvalue weighted by Crippen LogP contribution is -2.58. The summed E-state index contributed by atoms with van der Waals surface area (Å²) in [5.41, 5.74) is 1.69. The Morgan fingerprint density at radius 1 is 1.03 bits per heavy atom. The summed E-state index contributed by atoms with van der Waals surface area (Å²) in [6, 6.07) is 8.64. The smallest absolute Gasteiger partial charge is 0.262 e. The Bertz CT molecular complexity index is 981. The van der Waals surface area contributed by atoms with E-state index >= 15 is 0 Å². The first-order valence-electron chi connectivity index (χ1n) is 10.1. The van der Waals surface area contributed by atoms with Crippen LogP contribution < -0.4 is 10.2 Å². The van der Waals surface area contributed by atoms with Gasteiger partial charge in [0.05, 0.1) is 4.90 Å². The monoisotopic (exact) mass is 431 g/mol. The maximum absolute atomic E-state index is 13.4. The van der Waals surface area contributed by atoms with Crippen molar-refractivity contribution in [2.24, 2.45) is 11.8 Å². The van der Waals surface area contributed by atoms with Crippen LogP contribution in [-0.4, -0.2) is 41.4 Å². The minimum Gasteiger partial charge on any atom is -0.457 e. The van der Waals surface area contributed by atoms with Crippen molar-refractivity contribution < 1.29 is 23.2 Å². The third kappa shape index (κ3) is 4.05. The number of ether oxygens (including phenoxy) is 1. The number of aromatic nitrogens is 1. The fourth-order valence-electron chi connectivity index (χ4n) is 4.67. The Hall–Kier alpha value is -2.49. The average molecular weight is 432 g/mol. The van der Waals surface area contributed by atoms with Crippen LogP contribution in [0.3, 0.4) is 0 Å². The molecule has 1 amide bonds. The van der Waals surface area contributed by atoms with Gasteiger partial charge in [0.15, 0.2) is 0 Å². The second kappa shape index (κ2) is 8.71. The van der Waals surface area contributed by atoms with Crippen molar-refractivity contribution in [3.05, 3.63) is 48.8 Å². The number of hydrogen-bond acceptors (Lipinski definition) is 6. The van der Waals surface area contributed by atoms with Gasteiger partial charge in [-0.3, -0.25) is 15.0 Å². The predicted octanol–water partition coefficient (Wildman–Crippen LogP) is 2.95. The summed E-state index contributed by atoms with van der Waals surface area (Å²) in [7, 11) is -3.91. The summed E-state index contributed by atoms with van der Waals surface area (Å²) in [6.45, 7) is 0.261. The molecule has 1 aromatic heterocycles. The van der Waals surface area contributed by atoms with Gasteiger partial charge in [-0.05, 0) is 61.1 Å². The van der Waals surface area contributed by atoms with Crippen molar-refractivity contribution in [1.82, 2.24) is 14.8 Å². The topological polar surface area (TPSA) is 109 Å². The number of carbonyl (C=O) groups is 1. The molecule has 2 aromatic rings. The van der Waals surface area contributed by atoms with E-state index in [-0.39, 0.29) is 17.4 Å². The summed E-state index contributed by atoms with van der Waals surface area (Å²) >= 11 is 0. The first kappa shape index (κ1) is 20.8. The van der Waals surface area contributed by atoms with Crippen LogP contribution in [0.15, 0.2) is 53.7 Å². The van der Waals surface area contributed by atoms with Crippen LogP contribution in [0.25, 0.3) is 0 Å². The van der Waals surface area contributed by atoms with Crippen LogP contribution in [0.5, 0.6) is 11.5 Å². The molecule has 0 radical (unpaired) electrons. The first-order chi connectivity index (χ1) is 14.5. The number of hydrogen-bond donors (Lipinski definition) is 2. The minimum absolute atomic E-state index is 0.0799. The van der Waals surface area contributed by atoms with E-state index in [1.54, 1.807) is 42.1 Å². The Morgan fingerprint density at radius 2 is 1.70 bits per heavy atom. The van der Waals surface area contributed by atoms with Gasteiger partial charge in [0, 0.05) is 18.9 Å². The number of sulfonamides is 1. The van der Waals surface area contributed by atoms with Gasteiger partial charge in [0.1, 0.15) is 17.5 Å². The molecule has 1 aromatic carbocycles. The number of nitrogens with one attached hydrogen (secondary N) is 1. The zero-order chi connectivity index (χ0) is 21.1. The quantitative estimate of drug-likeness (QED) is 0.557. The van der Waals surface area contributed by atoms with Gasteiger partial charge in [-0.15, -0.1) is 0 Å². The molecule has 9 heteroatoms. The molecule has 8 nitrogen and oxygen atoms in total. The second-order valence-electron chi connectivity index (χ2n) is 7.79. The number of hydroxylamine groups is 1. The molecule has 1 aliphatic carbocycles. The van der Waals surface area contributed by atoms with Crippen molar-refractivity contribution >= 4 is 15.9 Å². The number of pyridine rings is 1.